The predicted octanol–water partition coefficient (Wildman–Crippen LogP) is 0.767. The fourth-order valence-corrected chi connectivity index (χ4v) is 2.71. The predicted molar refractivity (Wildman–Crippen MR) is 89.6 cm³/mol. The van der Waals surface area contributed by atoms with Gasteiger partial charge in [0.1, 0.15) is 30.5 Å². The molecule has 0 aromatic rings. The molecule has 0 amide bonds. The summed E-state index contributed by atoms with van der Waals surface area (Å²) in [5.74, 6) is 0. The lowest BCUT2D eigenvalue weighted by Gasteiger charge is -2.33. The average Bonchev–Trinajstić information content (AvgIpc) is 3.33. The van der Waals surface area contributed by atoms with Gasteiger partial charge in [-0.15, -0.1) is 0 Å². The van der Waals surface area contributed by atoms with Crippen molar-refractivity contribution in [1.82, 2.24) is 0 Å². The summed E-state index contributed by atoms with van der Waals surface area (Å²) in [7, 11) is 0. The first-order valence-electron chi connectivity index (χ1n) is 9.24. The zero-order valence-corrected chi connectivity index (χ0v) is 15.5. The van der Waals surface area contributed by atoms with Crippen LogP contribution in [-0.2, 0) is 28.4 Å². The molecule has 3 heterocycles. The zero-order valence-electron chi connectivity index (χ0n) is 15.5. The number of aliphatic hydroxyl groups excluding tert-OH is 1. The van der Waals surface area contributed by atoms with E-state index in [0.717, 1.165) is 19.8 Å². The Morgan fingerprint density at radius 3 is 1.96 bits per heavy atom. The van der Waals surface area contributed by atoms with Crippen molar-refractivity contribution < 1.29 is 33.5 Å². The van der Waals surface area contributed by atoms with Crippen LogP contribution in [-0.4, -0.2) is 88.0 Å². The van der Waals surface area contributed by atoms with Crippen LogP contribution in [0, 0.1) is 5.41 Å². The highest BCUT2D eigenvalue weighted by Gasteiger charge is 2.37. The molecule has 25 heavy (non-hydrogen) atoms. The summed E-state index contributed by atoms with van der Waals surface area (Å²) in [6.45, 7) is 10.4. The van der Waals surface area contributed by atoms with Crippen molar-refractivity contribution in [3.8, 4) is 0 Å². The summed E-state index contributed by atoms with van der Waals surface area (Å²) in [6.07, 6.45) is -0.328. The standard InChI is InChI=1S/C18H32O7/c1-18(2,3)4-15(19)17(25-10-14-8-23-14)16(24-9-13-7-22-13)11-20-5-12-6-21-12/h12-17,19H,4-11H2,1-3H3/t12?,13?,14?,15?,16-,17+/m1/s1. The van der Waals surface area contributed by atoms with E-state index in [1.807, 2.05) is 0 Å². The van der Waals surface area contributed by atoms with Crippen LogP contribution in [0.1, 0.15) is 27.2 Å². The lowest BCUT2D eigenvalue weighted by atomic mass is 9.86. The van der Waals surface area contributed by atoms with Crippen molar-refractivity contribution >= 4 is 0 Å². The van der Waals surface area contributed by atoms with Gasteiger partial charge >= 0.3 is 0 Å². The van der Waals surface area contributed by atoms with Crippen molar-refractivity contribution in [2.75, 3.05) is 46.2 Å². The Kier molecular flexibility index (Phi) is 6.71. The minimum absolute atomic E-state index is 0.00995. The molecule has 0 bridgehead atoms. The quantitative estimate of drug-likeness (QED) is 0.486. The van der Waals surface area contributed by atoms with Gasteiger partial charge < -0.3 is 33.5 Å². The Balaban J connectivity index is 1.56. The van der Waals surface area contributed by atoms with Crippen LogP contribution in [0.15, 0.2) is 0 Å². The molecule has 3 saturated heterocycles. The largest absolute Gasteiger partial charge is 0.390 e. The summed E-state index contributed by atoms with van der Waals surface area (Å²) >= 11 is 0. The summed E-state index contributed by atoms with van der Waals surface area (Å²) in [6, 6.07) is 0. The molecule has 146 valence electrons. The van der Waals surface area contributed by atoms with E-state index in [0.29, 0.717) is 32.8 Å². The molecule has 7 heteroatoms. The van der Waals surface area contributed by atoms with Crippen molar-refractivity contribution in [3.63, 3.8) is 0 Å². The number of aliphatic hydroxyl groups is 1. The molecule has 0 saturated carbocycles. The Labute approximate surface area is 149 Å². The number of hydrogen-bond acceptors (Lipinski definition) is 7. The van der Waals surface area contributed by atoms with Gasteiger partial charge in [-0.3, -0.25) is 0 Å². The summed E-state index contributed by atoms with van der Waals surface area (Å²) in [4.78, 5) is 0. The highest BCUT2D eigenvalue weighted by Crippen LogP contribution is 2.26. The third-order valence-corrected chi connectivity index (χ3v) is 4.33. The number of hydrogen-bond donors (Lipinski definition) is 1. The van der Waals surface area contributed by atoms with Crippen LogP contribution < -0.4 is 0 Å². The molecule has 0 aromatic heterocycles. The molecular weight excluding hydrogens is 328 g/mol. The molecule has 7 nitrogen and oxygen atoms in total. The van der Waals surface area contributed by atoms with Crippen molar-refractivity contribution in [1.29, 1.82) is 0 Å². The van der Waals surface area contributed by atoms with Gasteiger partial charge in [-0.05, 0) is 11.8 Å². The minimum atomic E-state index is -0.635. The molecule has 0 aliphatic carbocycles. The van der Waals surface area contributed by atoms with Crippen molar-refractivity contribution in [3.05, 3.63) is 0 Å². The van der Waals surface area contributed by atoms with Crippen LogP contribution in [0.4, 0.5) is 0 Å². The van der Waals surface area contributed by atoms with Crippen LogP contribution in [0.25, 0.3) is 0 Å². The van der Waals surface area contributed by atoms with Gasteiger partial charge in [-0.2, -0.15) is 0 Å². The molecule has 6 atom stereocenters. The van der Waals surface area contributed by atoms with Crippen molar-refractivity contribution in [2.24, 2.45) is 5.41 Å². The fraction of sp³-hybridized carbons (Fsp3) is 1.00. The van der Waals surface area contributed by atoms with Crippen LogP contribution in [0.5, 0.6) is 0 Å². The first kappa shape index (κ1) is 19.5. The van der Waals surface area contributed by atoms with Crippen LogP contribution >= 0.6 is 0 Å². The molecular formula is C18H32O7. The third-order valence-electron chi connectivity index (χ3n) is 4.33. The van der Waals surface area contributed by atoms with E-state index >= 15 is 0 Å². The molecule has 3 rings (SSSR count). The van der Waals surface area contributed by atoms with Gasteiger partial charge in [0, 0.05) is 0 Å². The van der Waals surface area contributed by atoms with Gasteiger partial charge in [-0.25, -0.2) is 0 Å². The van der Waals surface area contributed by atoms with E-state index in [2.05, 4.69) is 20.8 Å². The maximum atomic E-state index is 10.8. The third kappa shape index (κ3) is 7.86. The zero-order chi connectivity index (χ0) is 17.9. The minimum Gasteiger partial charge on any atom is -0.390 e. The highest BCUT2D eigenvalue weighted by atomic mass is 16.6. The second kappa shape index (κ2) is 8.61. The second-order valence-electron chi connectivity index (χ2n) is 8.41. The Morgan fingerprint density at radius 1 is 0.920 bits per heavy atom. The molecule has 3 fully saturated rings. The Morgan fingerprint density at radius 2 is 1.44 bits per heavy atom. The number of ether oxygens (including phenoxy) is 6. The normalized spacial score (nSPS) is 31.4. The Hall–Kier alpha value is -0.280. The topological polar surface area (TPSA) is 85.5 Å². The van der Waals surface area contributed by atoms with E-state index in [9.17, 15) is 5.11 Å². The van der Waals surface area contributed by atoms with Gasteiger partial charge in [0.15, 0.2) is 0 Å². The van der Waals surface area contributed by atoms with E-state index in [4.69, 9.17) is 28.4 Å². The summed E-state index contributed by atoms with van der Waals surface area (Å²) in [5.41, 5.74) is -0.00995. The fourth-order valence-electron chi connectivity index (χ4n) is 2.71. The number of rotatable bonds is 13. The highest BCUT2D eigenvalue weighted by molar-refractivity contribution is 4.84. The smallest absolute Gasteiger partial charge is 0.112 e. The Bertz CT molecular complexity index is 399. The molecule has 3 aliphatic rings. The lowest BCUT2D eigenvalue weighted by molar-refractivity contribution is -0.151. The first-order chi connectivity index (χ1) is 11.9. The SMILES string of the molecule is CC(C)(C)CC(O)[C@H](OCC1CO1)[C@@H](COCC1CO1)OCC1CO1. The average molecular weight is 360 g/mol. The summed E-state index contributed by atoms with van der Waals surface area (Å²) < 4.78 is 33.4. The monoisotopic (exact) mass is 360 g/mol. The maximum Gasteiger partial charge on any atom is 0.112 e. The number of epoxide rings is 3. The summed E-state index contributed by atoms with van der Waals surface area (Å²) in [5, 5.41) is 10.8. The molecule has 0 spiro atoms. The molecule has 0 radical (unpaired) electrons. The van der Waals surface area contributed by atoms with E-state index < -0.39 is 12.2 Å². The van der Waals surface area contributed by atoms with E-state index in [-0.39, 0.29) is 29.8 Å². The lowest BCUT2D eigenvalue weighted by Crippen LogP contribution is -2.46. The van der Waals surface area contributed by atoms with E-state index in [1.54, 1.807) is 0 Å². The van der Waals surface area contributed by atoms with Gasteiger partial charge in [0.25, 0.3) is 0 Å². The molecule has 4 unspecified atom stereocenters. The van der Waals surface area contributed by atoms with Crippen LogP contribution in [0.3, 0.4) is 0 Å². The maximum absolute atomic E-state index is 10.8. The second-order valence-corrected chi connectivity index (χ2v) is 8.41. The van der Waals surface area contributed by atoms with Gasteiger partial charge in [-0.1, -0.05) is 20.8 Å². The molecule has 0 aromatic carbocycles. The van der Waals surface area contributed by atoms with Crippen LogP contribution in [0.2, 0.25) is 0 Å². The van der Waals surface area contributed by atoms with Gasteiger partial charge in [0.2, 0.25) is 0 Å². The van der Waals surface area contributed by atoms with Crippen molar-refractivity contribution in [2.45, 2.75) is 63.8 Å². The molecule has 3 aliphatic heterocycles. The van der Waals surface area contributed by atoms with E-state index in [1.165, 1.54) is 0 Å². The molecule has 1 N–H and O–H groups in total. The first-order valence-corrected chi connectivity index (χ1v) is 9.24. The van der Waals surface area contributed by atoms with Gasteiger partial charge in [0.05, 0.1) is 52.4 Å².